The summed E-state index contributed by atoms with van der Waals surface area (Å²) in [5, 5.41) is 0. The molecule has 128 valence electrons. The van der Waals surface area contributed by atoms with Crippen molar-refractivity contribution in [2.45, 2.75) is 44.2 Å². The number of hydrogen-bond acceptors (Lipinski definition) is 6. The molecule has 3 aliphatic heterocycles. The van der Waals surface area contributed by atoms with Crippen molar-refractivity contribution < 1.29 is 27.8 Å². The summed E-state index contributed by atoms with van der Waals surface area (Å²) in [6.45, 7) is 4.48. The van der Waals surface area contributed by atoms with E-state index >= 15 is 0 Å². The van der Waals surface area contributed by atoms with Crippen LogP contribution in [0.4, 0.5) is 0 Å². The van der Waals surface area contributed by atoms with Gasteiger partial charge in [-0.3, -0.25) is 9.05 Å². The summed E-state index contributed by atoms with van der Waals surface area (Å²) in [6.07, 6.45) is -1.82. The molecule has 0 radical (unpaired) electrons. The second kappa shape index (κ2) is 6.47. The first-order valence-electron chi connectivity index (χ1n) is 7.20. The molecule has 0 saturated carbocycles. The largest absolute Gasteiger partial charge is 0.408 e. The van der Waals surface area contributed by atoms with Crippen LogP contribution in [0, 0.1) is 0 Å². The van der Waals surface area contributed by atoms with E-state index in [1.807, 2.05) is 0 Å². The van der Waals surface area contributed by atoms with Crippen LogP contribution < -0.4 is 0 Å². The van der Waals surface area contributed by atoms with Crippen LogP contribution in [-0.4, -0.2) is 66.5 Å². The minimum absolute atomic E-state index is 0.156. The summed E-state index contributed by atoms with van der Waals surface area (Å²) in [6, 6.07) is 0. The van der Waals surface area contributed by atoms with Gasteiger partial charge < -0.3 is 14.2 Å². The van der Waals surface area contributed by atoms with Crippen molar-refractivity contribution in [3.05, 3.63) is 0 Å². The van der Waals surface area contributed by atoms with Gasteiger partial charge in [-0.25, -0.2) is 9.24 Å². The molecule has 3 rings (SSSR count). The SMILES string of the molecule is CC1(C)OC2OC3COP(=O)(N(CCCl)CCCl)OC3C2O1. The molecule has 3 fully saturated rings. The fraction of sp³-hybridized carbons (Fsp3) is 1.00. The van der Waals surface area contributed by atoms with Gasteiger partial charge in [-0.05, 0) is 13.8 Å². The first kappa shape index (κ1) is 17.4. The lowest BCUT2D eigenvalue weighted by molar-refractivity contribution is -0.221. The van der Waals surface area contributed by atoms with Crippen molar-refractivity contribution in [3.63, 3.8) is 0 Å². The molecule has 3 heterocycles. The fourth-order valence-electron chi connectivity index (χ4n) is 2.86. The Morgan fingerprint density at radius 1 is 1.18 bits per heavy atom. The quantitative estimate of drug-likeness (QED) is 0.538. The zero-order valence-corrected chi connectivity index (χ0v) is 14.9. The number of ether oxygens (including phenoxy) is 3. The molecule has 0 spiro atoms. The summed E-state index contributed by atoms with van der Waals surface area (Å²) in [4.78, 5) is 0. The van der Waals surface area contributed by atoms with E-state index in [2.05, 4.69) is 0 Å². The van der Waals surface area contributed by atoms with Crippen molar-refractivity contribution in [2.75, 3.05) is 31.5 Å². The number of hydrogen-bond donors (Lipinski definition) is 0. The lowest BCUT2D eigenvalue weighted by Crippen LogP contribution is -2.44. The van der Waals surface area contributed by atoms with Crippen molar-refractivity contribution in [3.8, 4) is 0 Å². The molecule has 0 amide bonds. The van der Waals surface area contributed by atoms with Gasteiger partial charge in [0.1, 0.15) is 18.3 Å². The van der Waals surface area contributed by atoms with Crippen LogP contribution >= 0.6 is 30.9 Å². The number of rotatable bonds is 5. The molecule has 0 aromatic carbocycles. The number of fused-ring (bicyclic) bond motifs is 3. The second-order valence-corrected chi connectivity index (χ2v) is 8.54. The predicted molar refractivity (Wildman–Crippen MR) is 80.1 cm³/mol. The minimum Gasteiger partial charge on any atom is -0.341 e. The maximum absolute atomic E-state index is 13.0. The lowest BCUT2D eigenvalue weighted by atomic mass is 10.1. The van der Waals surface area contributed by atoms with Gasteiger partial charge in [0.2, 0.25) is 0 Å². The Kier molecular flexibility index (Phi) is 5.11. The standard InChI is InChI=1S/C12H20Cl2NO6P/c1-12(2)19-10-9-8(18-11(10)20-12)7-17-22(16,21-9)15(5-3-13)6-4-14/h8-11H,3-7H2,1-2H3. The highest BCUT2D eigenvalue weighted by atomic mass is 35.5. The van der Waals surface area contributed by atoms with Gasteiger partial charge in [0.15, 0.2) is 12.1 Å². The van der Waals surface area contributed by atoms with Gasteiger partial charge in [0, 0.05) is 24.8 Å². The van der Waals surface area contributed by atoms with Crippen LogP contribution in [0.3, 0.4) is 0 Å². The van der Waals surface area contributed by atoms with E-state index in [9.17, 15) is 4.57 Å². The molecule has 7 nitrogen and oxygen atoms in total. The zero-order valence-electron chi connectivity index (χ0n) is 12.4. The zero-order chi connectivity index (χ0) is 16.0. The molecule has 5 atom stereocenters. The third-order valence-electron chi connectivity index (χ3n) is 3.78. The number of alkyl halides is 2. The third kappa shape index (κ3) is 3.21. The average molecular weight is 376 g/mol. The first-order chi connectivity index (χ1) is 10.4. The fourth-order valence-corrected chi connectivity index (χ4v) is 5.45. The monoisotopic (exact) mass is 375 g/mol. The highest BCUT2D eigenvalue weighted by Gasteiger charge is 2.60. The highest BCUT2D eigenvalue weighted by Crippen LogP contribution is 2.58. The van der Waals surface area contributed by atoms with Crippen LogP contribution in [0.15, 0.2) is 0 Å². The van der Waals surface area contributed by atoms with Gasteiger partial charge >= 0.3 is 7.75 Å². The smallest absolute Gasteiger partial charge is 0.341 e. The minimum atomic E-state index is -3.47. The van der Waals surface area contributed by atoms with Crippen molar-refractivity contribution in [1.29, 1.82) is 0 Å². The molecule has 0 bridgehead atoms. The van der Waals surface area contributed by atoms with Gasteiger partial charge in [-0.15, -0.1) is 23.2 Å². The van der Waals surface area contributed by atoms with E-state index < -0.39 is 32.0 Å². The van der Waals surface area contributed by atoms with Crippen LogP contribution in [-0.2, 0) is 27.8 Å². The Labute approximate surface area is 139 Å². The normalized spacial score (nSPS) is 43.3. The van der Waals surface area contributed by atoms with Gasteiger partial charge in [-0.1, -0.05) is 0 Å². The topological polar surface area (TPSA) is 66.5 Å². The van der Waals surface area contributed by atoms with Crippen LogP contribution in [0.1, 0.15) is 13.8 Å². The van der Waals surface area contributed by atoms with Crippen LogP contribution in [0.2, 0.25) is 0 Å². The molecule has 0 N–H and O–H groups in total. The molecule has 3 aliphatic rings. The summed E-state index contributed by atoms with van der Waals surface area (Å²) >= 11 is 11.5. The van der Waals surface area contributed by atoms with E-state index in [1.54, 1.807) is 18.5 Å². The van der Waals surface area contributed by atoms with E-state index in [1.165, 1.54) is 0 Å². The van der Waals surface area contributed by atoms with Crippen LogP contribution in [0.25, 0.3) is 0 Å². The summed E-state index contributed by atoms with van der Waals surface area (Å²) in [5.74, 6) is -0.147. The van der Waals surface area contributed by atoms with Gasteiger partial charge in [-0.2, -0.15) is 0 Å². The Morgan fingerprint density at radius 2 is 1.86 bits per heavy atom. The summed E-state index contributed by atoms with van der Waals surface area (Å²) < 4.78 is 43.0. The van der Waals surface area contributed by atoms with Crippen molar-refractivity contribution in [2.24, 2.45) is 0 Å². The van der Waals surface area contributed by atoms with Gasteiger partial charge in [0.05, 0.1) is 6.61 Å². The maximum Gasteiger partial charge on any atom is 0.408 e. The summed E-state index contributed by atoms with van der Waals surface area (Å²) in [5.41, 5.74) is 0. The number of halogens is 2. The predicted octanol–water partition coefficient (Wildman–Crippen LogP) is 2.17. The van der Waals surface area contributed by atoms with Gasteiger partial charge in [0.25, 0.3) is 0 Å². The molecule has 22 heavy (non-hydrogen) atoms. The molecule has 0 aromatic rings. The average Bonchev–Trinajstić information content (AvgIpc) is 2.91. The molecule has 10 heteroatoms. The Hall–Kier alpha value is 0.570. The molecular formula is C12H20Cl2NO6P. The Bertz CT molecular complexity index is 461. The van der Waals surface area contributed by atoms with E-state index in [0.717, 1.165) is 0 Å². The summed E-state index contributed by atoms with van der Waals surface area (Å²) in [7, 11) is -3.47. The van der Waals surface area contributed by atoms with E-state index in [-0.39, 0.29) is 12.7 Å². The third-order valence-corrected chi connectivity index (χ3v) is 6.19. The maximum atomic E-state index is 13.0. The Balaban J connectivity index is 1.74. The lowest BCUT2D eigenvalue weighted by Gasteiger charge is -2.37. The number of nitrogens with zero attached hydrogens (tertiary/aromatic N) is 1. The van der Waals surface area contributed by atoms with E-state index in [4.69, 9.17) is 46.5 Å². The van der Waals surface area contributed by atoms with E-state index in [0.29, 0.717) is 24.8 Å². The van der Waals surface area contributed by atoms with Crippen molar-refractivity contribution >= 4 is 30.9 Å². The molecule has 5 unspecified atom stereocenters. The molecule has 0 aromatic heterocycles. The molecule has 3 saturated heterocycles. The first-order valence-corrected chi connectivity index (χ1v) is 9.76. The molecular weight excluding hydrogens is 356 g/mol. The van der Waals surface area contributed by atoms with Crippen LogP contribution in [0.5, 0.6) is 0 Å². The molecule has 0 aliphatic carbocycles. The van der Waals surface area contributed by atoms with Crippen molar-refractivity contribution in [1.82, 2.24) is 4.67 Å². The second-order valence-electron chi connectivity index (χ2n) is 5.81. The Morgan fingerprint density at radius 3 is 2.50 bits per heavy atom. The highest BCUT2D eigenvalue weighted by molar-refractivity contribution is 7.51.